The molecule has 0 amide bonds. The van der Waals surface area contributed by atoms with Crippen LogP contribution in [0.3, 0.4) is 0 Å². The van der Waals surface area contributed by atoms with E-state index in [2.05, 4.69) is 20.3 Å². The molecule has 34 heavy (non-hydrogen) atoms. The van der Waals surface area contributed by atoms with Gasteiger partial charge in [-0.25, -0.2) is 14.2 Å². The Kier molecular flexibility index (Phi) is 7.57. The van der Waals surface area contributed by atoms with Gasteiger partial charge in [-0.1, -0.05) is 30.3 Å². The van der Waals surface area contributed by atoms with Crippen molar-refractivity contribution < 1.29 is 28.5 Å². The van der Waals surface area contributed by atoms with Crippen LogP contribution in [0.2, 0.25) is 5.28 Å². The third-order valence-corrected chi connectivity index (χ3v) is 5.56. The number of alkyl halides is 1. The van der Waals surface area contributed by atoms with Crippen LogP contribution in [0.1, 0.15) is 25.6 Å². The number of carbonyl (C=O) groups excluding carboxylic acids is 1. The van der Waals surface area contributed by atoms with Crippen molar-refractivity contribution >= 4 is 34.6 Å². The van der Waals surface area contributed by atoms with Crippen LogP contribution in [0.5, 0.6) is 0 Å². The van der Waals surface area contributed by atoms with Gasteiger partial charge in [-0.05, 0) is 31.0 Å². The Bertz CT molecular complexity index is 1130. The molecular formula is C22H25ClFN5O5. The van der Waals surface area contributed by atoms with Crippen molar-refractivity contribution in [1.29, 1.82) is 0 Å². The van der Waals surface area contributed by atoms with Gasteiger partial charge in [-0.15, -0.1) is 0 Å². The number of benzene rings is 1. The first-order valence-electron chi connectivity index (χ1n) is 10.8. The van der Waals surface area contributed by atoms with E-state index >= 15 is 4.39 Å². The lowest BCUT2D eigenvalue weighted by Gasteiger charge is -2.18. The highest BCUT2D eigenvalue weighted by molar-refractivity contribution is 6.28. The van der Waals surface area contributed by atoms with Crippen LogP contribution < -0.4 is 5.32 Å². The van der Waals surface area contributed by atoms with E-state index in [1.165, 1.54) is 17.8 Å². The first-order chi connectivity index (χ1) is 16.4. The molecule has 1 aliphatic rings. The zero-order chi connectivity index (χ0) is 24.2. The molecule has 0 aliphatic carbocycles. The Morgan fingerprint density at radius 3 is 2.85 bits per heavy atom. The lowest BCUT2D eigenvalue weighted by molar-refractivity contribution is -0.159. The minimum absolute atomic E-state index is 0.0538. The van der Waals surface area contributed by atoms with Gasteiger partial charge in [0.25, 0.3) is 0 Å². The molecule has 1 unspecified atom stereocenters. The summed E-state index contributed by atoms with van der Waals surface area (Å²) in [6.07, 6.45) is -5.03. The molecule has 3 aromatic rings. The van der Waals surface area contributed by atoms with Crippen molar-refractivity contribution in [3.8, 4) is 0 Å². The summed E-state index contributed by atoms with van der Waals surface area (Å²) in [5.74, 6) is -0.166. The summed E-state index contributed by atoms with van der Waals surface area (Å²) in [6, 6.07) is 9.68. The van der Waals surface area contributed by atoms with Crippen molar-refractivity contribution in [3.63, 3.8) is 0 Å². The molecule has 10 nitrogen and oxygen atoms in total. The molecule has 2 N–H and O–H groups in total. The summed E-state index contributed by atoms with van der Waals surface area (Å²) in [7, 11) is 0. The van der Waals surface area contributed by atoms with E-state index in [0.717, 1.165) is 5.56 Å². The van der Waals surface area contributed by atoms with Gasteiger partial charge in [0.2, 0.25) is 5.28 Å². The maximum absolute atomic E-state index is 15.0. The molecule has 0 radical (unpaired) electrons. The molecule has 1 saturated heterocycles. The SMILES string of the molecule is CCOC(=O)C(C)OC[C@H]1O[C@@H](n2cnc3c(NCc4ccccc4)nc(Cl)nc32)[C@@H](F)[C@@H]1O. The van der Waals surface area contributed by atoms with Crippen LogP contribution in [0.4, 0.5) is 10.2 Å². The average Bonchev–Trinajstić information content (AvgIpc) is 3.37. The summed E-state index contributed by atoms with van der Waals surface area (Å²) < 4.78 is 32.4. The van der Waals surface area contributed by atoms with Gasteiger partial charge in [-0.3, -0.25) is 4.57 Å². The molecule has 12 heteroatoms. The summed E-state index contributed by atoms with van der Waals surface area (Å²) in [6.45, 7) is 3.67. The largest absolute Gasteiger partial charge is 0.464 e. The van der Waals surface area contributed by atoms with Crippen LogP contribution >= 0.6 is 11.6 Å². The van der Waals surface area contributed by atoms with Crippen LogP contribution in [0.25, 0.3) is 11.2 Å². The number of aliphatic hydroxyl groups is 1. The third kappa shape index (κ3) is 5.12. The maximum atomic E-state index is 15.0. The average molecular weight is 494 g/mol. The maximum Gasteiger partial charge on any atom is 0.334 e. The zero-order valence-electron chi connectivity index (χ0n) is 18.6. The molecule has 0 saturated carbocycles. The second-order valence-electron chi connectivity index (χ2n) is 7.73. The van der Waals surface area contributed by atoms with E-state index in [0.29, 0.717) is 17.9 Å². The fourth-order valence-corrected chi connectivity index (χ4v) is 3.78. The van der Waals surface area contributed by atoms with E-state index in [1.54, 1.807) is 6.92 Å². The smallest absolute Gasteiger partial charge is 0.334 e. The molecule has 1 fully saturated rings. The predicted molar refractivity (Wildman–Crippen MR) is 121 cm³/mol. The summed E-state index contributed by atoms with van der Waals surface area (Å²) in [5.41, 5.74) is 1.65. The molecule has 2 aromatic heterocycles. The number of fused-ring (bicyclic) bond motifs is 1. The summed E-state index contributed by atoms with van der Waals surface area (Å²) in [5, 5.41) is 13.5. The molecular weight excluding hydrogens is 469 g/mol. The number of rotatable bonds is 9. The van der Waals surface area contributed by atoms with Gasteiger partial charge in [-0.2, -0.15) is 9.97 Å². The van der Waals surface area contributed by atoms with E-state index < -0.39 is 36.7 Å². The molecule has 182 valence electrons. The third-order valence-electron chi connectivity index (χ3n) is 5.39. The standard InChI is InChI=1S/C22H25ClFN5O5/c1-3-32-21(31)12(2)33-10-14-17(30)15(24)20(34-14)29-11-26-16-18(27-22(23)28-19(16)29)25-9-13-7-5-4-6-8-13/h4-8,11-12,14-15,17,20,30H,3,9-10H2,1-2H3,(H,25,27,28)/t12?,14-,15+,17-,20-/m1/s1. The van der Waals surface area contributed by atoms with Crippen LogP contribution in [-0.4, -0.2) is 68.3 Å². The lowest BCUT2D eigenvalue weighted by atomic mass is 10.1. The van der Waals surface area contributed by atoms with Gasteiger partial charge in [0.1, 0.15) is 12.2 Å². The number of aromatic nitrogens is 4. The normalized spacial score (nSPS) is 23.2. The number of esters is 1. The van der Waals surface area contributed by atoms with Crippen molar-refractivity contribution in [3.05, 3.63) is 47.5 Å². The monoisotopic (exact) mass is 493 g/mol. The van der Waals surface area contributed by atoms with Crippen molar-refractivity contribution in [2.45, 2.75) is 51.1 Å². The number of aliphatic hydroxyl groups excluding tert-OH is 1. The molecule has 0 bridgehead atoms. The van der Waals surface area contributed by atoms with E-state index in [4.69, 9.17) is 25.8 Å². The van der Waals surface area contributed by atoms with Crippen LogP contribution in [-0.2, 0) is 25.5 Å². The van der Waals surface area contributed by atoms with E-state index in [1.807, 2.05) is 30.3 Å². The predicted octanol–water partition coefficient (Wildman–Crippen LogP) is 2.66. The molecule has 1 aliphatic heterocycles. The topological polar surface area (TPSA) is 121 Å². The number of hydrogen-bond acceptors (Lipinski definition) is 9. The van der Waals surface area contributed by atoms with Gasteiger partial charge in [0.15, 0.2) is 35.5 Å². The molecule has 3 heterocycles. The Hall–Kier alpha value is -2.86. The van der Waals surface area contributed by atoms with E-state index in [9.17, 15) is 9.90 Å². The van der Waals surface area contributed by atoms with Gasteiger partial charge >= 0.3 is 5.97 Å². The number of anilines is 1. The highest BCUT2D eigenvalue weighted by Crippen LogP contribution is 2.35. The number of hydrogen-bond donors (Lipinski definition) is 2. The quantitative estimate of drug-likeness (QED) is 0.342. The highest BCUT2D eigenvalue weighted by Gasteiger charge is 2.46. The molecule has 4 rings (SSSR count). The molecule has 5 atom stereocenters. The number of ether oxygens (including phenoxy) is 3. The Labute approximate surface area is 200 Å². The van der Waals surface area contributed by atoms with Crippen LogP contribution in [0.15, 0.2) is 36.7 Å². The van der Waals surface area contributed by atoms with E-state index in [-0.39, 0.29) is 24.1 Å². The van der Waals surface area contributed by atoms with Gasteiger partial charge < -0.3 is 24.6 Å². The fourth-order valence-electron chi connectivity index (χ4n) is 3.61. The highest BCUT2D eigenvalue weighted by atomic mass is 35.5. The summed E-state index contributed by atoms with van der Waals surface area (Å²) in [4.78, 5) is 24.4. The zero-order valence-corrected chi connectivity index (χ0v) is 19.4. The Morgan fingerprint density at radius 1 is 1.35 bits per heavy atom. The van der Waals surface area contributed by atoms with Gasteiger partial charge in [0, 0.05) is 6.54 Å². The minimum Gasteiger partial charge on any atom is -0.464 e. The lowest BCUT2D eigenvalue weighted by Crippen LogP contribution is -2.34. The minimum atomic E-state index is -1.79. The Morgan fingerprint density at radius 2 is 2.12 bits per heavy atom. The first kappa shape index (κ1) is 24.3. The van der Waals surface area contributed by atoms with Crippen molar-refractivity contribution in [2.24, 2.45) is 0 Å². The van der Waals surface area contributed by atoms with Crippen molar-refractivity contribution in [2.75, 3.05) is 18.5 Å². The van der Waals surface area contributed by atoms with Crippen LogP contribution in [0, 0.1) is 0 Å². The summed E-state index contributed by atoms with van der Waals surface area (Å²) >= 11 is 6.12. The number of halogens is 2. The number of nitrogens with one attached hydrogen (secondary N) is 1. The fraction of sp³-hybridized carbons (Fsp3) is 0.455. The van der Waals surface area contributed by atoms with Crippen molar-refractivity contribution in [1.82, 2.24) is 19.5 Å². The second-order valence-corrected chi connectivity index (χ2v) is 8.07. The molecule has 0 spiro atoms. The number of imidazole rings is 1. The first-order valence-corrected chi connectivity index (χ1v) is 11.2. The number of nitrogens with zero attached hydrogens (tertiary/aromatic N) is 4. The Balaban J connectivity index is 1.50. The van der Waals surface area contributed by atoms with Gasteiger partial charge in [0.05, 0.1) is 19.5 Å². The second kappa shape index (κ2) is 10.6. The molecule has 1 aromatic carbocycles. The number of carbonyl (C=O) groups is 1.